The lowest BCUT2D eigenvalue weighted by Gasteiger charge is -2.07. The quantitative estimate of drug-likeness (QED) is 0.438. The van der Waals surface area contributed by atoms with Crippen LogP contribution in [0.1, 0.15) is 21.7 Å². The number of pyridine rings is 1. The van der Waals surface area contributed by atoms with Crippen LogP contribution >= 0.6 is 0 Å². The third kappa shape index (κ3) is 2.51. The smallest absolute Gasteiger partial charge is 0.283 e. The predicted octanol–water partition coefficient (Wildman–Crippen LogP) is 2.00. The molecule has 0 spiro atoms. The third-order valence-electron chi connectivity index (χ3n) is 3.53. The lowest BCUT2D eigenvalue weighted by atomic mass is 10.1. The summed E-state index contributed by atoms with van der Waals surface area (Å²) in [7, 11) is 0. The van der Waals surface area contributed by atoms with Crippen LogP contribution in [0.25, 0.3) is 10.9 Å². The van der Waals surface area contributed by atoms with E-state index < -0.39 is 0 Å². The summed E-state index contributed by atoms with van der Waals surface area (Å²) in [5, 5.41) is 1.23. The van der Waals surface area contributed by atoms with Gasteiger partial charge in [-0.15, -0.1) is 0 Å². The number of nitrogens with one attached hydrogen (secondary N) is 1. The molecule has 3 N–H and O–H groups in total. The van der Waals surface area contributed by atoms with Crippen molar-refractivity contribution in [3.63, 3.8) is 0 Å². The number of hydrazine groups is 1. The SMILES string of the molecule is Cc1cccc2c1ccn2Cc1cccc(C(=O)NN)n1. The molecule has 106 valence electrons. The first-order valence-electron chi connectivity index (χ1n) is 6.70. The van der Waals surface area contributed by atoms with E-state index in [2.05, 4.69) is 40.1 Å². The van der Waals surface area contributed by atoms with E-state index in [0.717, 1.165) is 11.2 Å². The maximum Gasteiger partial charge on any atom is 0.283 e. The number of aromatic nitrogens is 2. The molecule has 0 saturated carbocycles. The van der Waals surface area contributed by atoms with Gasteiger partial charge < -0.3 is 4.57 Å². The van der Waals surface area contributed by atoms with Crippen LogP contribution in [0.15, 0.2) is 48.7 Å². The second-order valence-corrected chi connectivity index (χ2v) is 4.94. The Labute approximate surface area is 122 Å². The Hall–Kier alpha value is -2.66. The van der Waals surface area contributed by atoms with Crippen LogP contribution < -0.4 is 11.3 Å². The molecule has 0 bridgehead atoms. The van der Waals surface area contributed by atoms with Crippen LogP contribution in [0.5, 0.6) is 0 Å². The molecule has 2 heterocycles. The monoisotopic (exact) mass is 280 g/mol. The van der Waals surface area contributed by atoms with E-state index in [9.17, 15) is 4.79 Å². The highest BCUT2D eigenvalue weighted by atomic mass is 16.2. The first-order chi connectivity index (χ1) is 10.2. The summed E-state index contributed by atoms with van der Waals surface area (Å²) in [5.41, 5.74) is 5.64. The molecule has 0 atom stereocenters. The molecule has 5 heteroatoms. The van der Waals surface area contributed by atoms with Gasteiger partial charge in [0.25, 0.3) is 5.91 Å². The van der Waals surface area contributed by atoms with E-state index in [-0.39, 0.29) is 5.91 Å². The number of aryl methyl sites for hydroxylation is 1. The number of nitrogens with zero attached hydrogens (tertiary/aromatic N) is 2. The molecule has 0 unspecified atom stereocenters. The largest absolute Gasteiger partial charge is 0.341 e. The minimum atomic E-state index is -0.384. The molecule has 3 rings (SSSR count). The Kier molecular flexibility index (Phi) is 3.41. The highest BCUT2D eigenvalue weighted by molar-refractivity contribution is 5.91. The van der Waals surface area contributed by atoms with Gasteiger partial charge in [-0.25, -0.2) is 10.8 Å². The van der Waals surface area contributed by atoms with Gasteiger partial charge in [0.1, 0.15) is 5.69 Å². The number of carbonyl (C=O) groups excluding carboxylic acids is 1. The van der Waals surface area contributed by atoms with Crippen LogP contribution in [-0.4, -0.2) is 15.5 Å². The molecule has 0 aliphatic heterocycles. The zero-order chi connectivity index (χ0) is 14.8. The number of fused-ring (bicyclic) bond motifs is 1. The third-order valence-corrected chi connectivity index (χ3v) is 3.53. The van der Waals surface area contributed by atoms with E-state index in [1.807, 2.05) is 24.4 Å². The molecular weight excluding hydrogens is 264 g/mol. The number of benzene rings is 1. The van der Waals surface area contributed by atoms with Gasteiger partial charge in [-0.3, -0.25) is 10.2 Å². The topological polar surface area (TPSA) is 72.9 Å². The van der Waals surface area contributed by atoms with Crippen molar-refractivity contribution in [3.05, 3.63) is 65.6 Å². The summed E-state index contributed by atoms with van der Waals surface area (Å²) in [6.07, 6.45) is 2.04. The number of carbonyl (C=O) groups is 1. The molecule has 0 aliphatic carbocycles. The lowest BCUT2D eigenvalue weighted by molar-refractivity contribution is 0.0948. The Balaban J connectivity index is 1.95. The van der Waals surface area contributed by atoms with Crippen LogP contribution in [0, 0.1) is 6.92 Å². The van der Waals surface area contributed by atoms with Crippen molar-refractivity contribution in [1.82, 2.24) is 15.0 Å². The average molecular weight is 280 g/mol. The van der Waals surface area contributed by atoms with Crippen molar-refractivity contribution in [2.75, 3.05) is 0 Å². The molecule has 2 aromatic heterocycles. The molecule has 0 fully saturated rings. The molecule has 21 heavy (non-hydrogen) atoms. The molecule has 1 amide bonds. The molecule has 0 radical (unpaired) electrons. The molecule has 1 aromatic carbocycles. The van der Waals surface area contributed by atoms with E-state index in [1.54, 1.807) is 6.07 Å². The van der Waals surface area contributed by atoms with Crippen LogP contribution in [-0.2, 0) is 6.54 Å². The second kappa shape index (κ2) is 5.38. The second-order valence-electron chi connectivity index (χ2n) is 4.94. The summed E-state index contributed by atoms with van der Waals surface area (Å²) in [6, 6.07) is 13.7. The van der Waals surface area contributed by atoms with Gasteiger partial charge in [0.2, 0.25) is 0 Å². The van der Waals surface area contributed by atoms with Crippen LogP contribution in [0.2, 0.25) is 0 Å². The maximum absolute atomic E-state index is 11.5. The van der Waals surface area contributed by atoms with E-state index >= 15 is 0 Å². The molecule has 5 nitrogen and oxygen atoms in total. The molecular formula is C16H16N4O. The summed E-state index contributed by atoms with van der Waals surface area (Å²) in [6.45, 7) is 2.70. The minimum Gasteiger partial charge on any atom is -0.341 e. The summed E-state index contributed by atoms with van der Waals surface area (Å²) in [5.74, 6) is 4.75. The van der Waals surface area contributed by atoms with Crippen molar-refractivity contribution in [3.8, 4) is 0 Å². The number of rotatable bonds is 3. The Bertz CT molecular complexity index is 807. The van der Waals surface area contributed by atoms with Gasteiger partial charge in [-0.2, -0.15) is 0 Å². The average Bonchev–Trinajstić information content (AvgIpc) is 2.91. The van der Waals surface area contributed by atoms with Gasteiger partial charge in [0.15, 0.2) is 0 Å². The zero-order valence-corrected chi connectivity index (χ0v) is 11.7. The molecule has 0 aliphatic rings. The lowest BCUT2D eigenvalue weighted by Crippen LogP contribution is -2.30. The summed E-state index contributed by atoms with van der Waals surface area (Å²) >= 11 is 0. The molecule has 0 saturated heterocycles. The van der Waals surface area contributed by atoms with E-state index in [0.29, 0.717) is 12.2 Å². The van der Waals surface area contributed by atoms with E-state index in [4.69, 9.17) is 5.84 Å². The van der Waals surface area contributed by atoms with E-state index in [1.165, 1.54) is 10.9 Å². The normalized spacial score (nSPS) is 10.8. The Morgan fingerprint density at radius 2 is 2.05 bits per heavy atom. The van der Waals surface area contributed by atoms with Crippen molar-refractivity contribution >= 4 is 16.8 Å². The fourth-order valence-corrected chi connectivity index (χ4v) is 2.46. The predicted molar refractivity (Wildman–Crippen MR) is 81.7 cm³/mol. The first kappa shape index (κ1) is 13.3. The number of nitrogens with two attached hydrogens (primary N) is 1. The standard InChI is InChI=1S/C16H16N4O/c1-11-4-2-7-15-13(11)8-9-20(15)10-12-5-3-6-14(18-12)16(21)19-17/h2-9H,10,17H2,1H3,(H,19,21). The van der Waals surface area contributed by atoms with Crippen LogP contribution in [0.4, 0.5) is 0 Å². The number of amides is 1. The summed E-state index contributed by atoms with van der Waals surface area (Å²) in [4.78, 5) is 15.9. The fourth-order valence-electron chi connectivity index (χ4n) is 2.46. The van der Waals surface area contributed by atoms with Crippen molar-refractivity contribution in [2.45, 2.75) is 13.5 Å². The first-order valence-corrected chi connectivity index (χ1v) is 6.70. The van der Waals surface area contributed by atoms with Crippen molar-refractivity contribution in [1.29, 1.82) is 0 Å². The van der Waals surface area contributed by atoms with Gasteiger partial charge >= 0.3 is 0 Å². The van der Waals surface area contributed by atoms with Crippen molar-refractivity contribution < 1.29 is 4.79 Å². The highest BCUT2D eigenvalue weighted by Gasteiger charge is 2.08. The number of hydrogen-bond acceptors (Lipinski definition) is 3. The maximum atomic E-state index is 11.5. The van der Waals surface area contributed by atoms with Gasteiger partial charge in [0, 0.05) is 17.1 Å². The minimum absolute atomic E-state index is 0.322. The number of nitrogen functional groups attached to an aromatic ring is 1. The number of hydrogen-bond donors (Lipinski definition) is 2. The van der Waals surface area contributed by atoms with Gasteiger partial charge in [0.05, 0.1) is 12.2 Å². The van der Waals surface area contributed by atoms with Crippen LogP contribution in [0.3, 0.4) is 0 Å². The molecule has 3 aromatic rings. The zero-order valence-electron chi connectivity index (χ0n) is 11.7. The summed E-state index contributed by atoms with van der Waals surface area (Å²) < 4.78 is 2.12. The Morgan fingerprint density at radius 3 is 2.86 bits per heavy atom. The van der Waals surface area contributed by atoms with Gasteiger partial charge in [-0.1, -0.05) is 18.2 Å². The Morgan fingerprint density at radius 1 is 1.24 bits per heavy atom. The van der Waals surface area contributed by atoms with Crippen molar-refractivity contribution in [2.24, 2.45) is 5.84 Å². The highest BCUT2D eigenvalue weighted by Crippen LogP contribution is 2.20. The van der Waals surface area contributed by atoms with Gasteiger partial charge in [-0.05, 0) is 36.8 Å². The fraction of sp³-hybridized carbons (Fsp3) is 0.125.